The van der Waals surface area contributed by atoms with Crippen LogP contribution in [-0.2, 0) is 4.74 Å². The molecule has 1 saturated heterocycles. The van der Waals surface area contributed by atoms with Crippen molar-refractivity contribution in [2.75, 3.05) is 24.6 Å². The van der Waals surface area contributed by atoms with Gasteiger partial charge in [0.1, 0.15) is 0 Å². The summed E-state index contributed by atoms with van der Waals surface area (Å²) in [6, 6.07) is 3.94. The number of pyridine rings is 1. The van der Waals surface area contributed by atoms with E-state index in [0.29, 0.717) is 6.10 Å². The van der Waals surface area contributed by atoms with Crippen LogP contribution >= 0.6 is 0 Å². The summed E-state index contributed by atoms with van der Waals surface area (Å²) in [5.41, 5.74) is 1.84. The lowest BCUT2D eigenvalue weighted by Gasteiger charge is -2.34. The van der Waals surface area contributed by atoms with Crippen LogP contribution in [0.1, 0.15) is 44.9 Å². The van der Waals surface area contributed by atoms with Gasteiger partial charge in [0.25, 0.3) is 0 Å². The average Bonchev–Trinajstić information content (AvgIpc) is 2.45. The minimum absolute atomic E-state index is 0.338. The minimum atomic E-state index is -0.504. The summed E-state index contributed by atoms with van der Waals surface area (Å²) in [6.07, 6.45) is 5.06. The van der Waals surface area contributed by atoms with Gasteiger partial charge in [-0.25, -0.2) is 0 Å². The first kappa shape index (κ1) is 14.3. The lowest BCUT2D eigenvalue weighted by atomic mass is 10.1. The summed E-state index contributed by atoms with van der Waals surface area (Å²) >= 11 is 0. The highest BCUT2D eigenvalue weighted by atomic mass is 16.5. The molecule has 1 aromatic heterocycles. The molecule has 0 amide bonds. The van der Waals surface area contributed by atoms with Crippen LogP contribution < -0.4 is 4.90 Å². The van der Waals surface area contributed by atoms with Crippen molar-refractivity contribution < 1.29 is 9.84 Å². The maximum Gasteiger partial charge on any atom is 0.0931 e. The number of ether oxygens (including phenoxy) is 1. The number of piperidine rings is 1. The molecule has 2 unspecified atom stereocenters. The average molecular weight is 264 g/mol. The molecule has 0 radical (unpaired) electrons. The topological polar surface area (TPSA) is 45.6 Å². The molecule has 4 heteroatoms. The predicted octanol–water partition coefficient (Wildman–Crippen LogP) is 2.53. The number of hydrogen-bond donors (Lipinski definition) is 1. The Bertz CT molecular complexity index is 378. The second kappa shape index (κ2) is 6.87. The molecule has 0 saturated carbocycles. The summed E-state index contributed by atoms with van der Waals surface area (Å²) in [5.74, 6) is 0. The Balaban J connectivity index is 1.96. The lowest BCUT2D eigenvalue weighted by molar-refractivity contribution is 0.0440. The Morgan fingerprint density at radius 1 is 1.53 bits per heavy atom. The van der Waals surface area contributed by atoms with Crippen LogP contribution in [0.2, 0.25) is 0 Å². The van der Waals surface area contributed by atoms with Gasteiger partial charge >= 0.3 is 0 Å². The fourth-order valence-corrected chi connectivity index (χ4v) is 2.42. The van der Waals surface area contributed by atoms with Crippen LogP contribution in [-0.4, -0.2) is 35.9 Å². The van der Waals surface area contributed by atoms with Gasteiger partial charge in [0, 0.05) is 19.7 Å². The van der Waals surface area contributed by atoms with Crippen molar-refractivity contribution in [1.29, 1.82) is 0 Å². The number of rotatable bonds is 5. The van der Waals surface area contributed by atoms with Gasteiger partial charge in [-0.1, -0.05) is 6.92 Å². The van der Waals surface area contributed by atoms with Crippen LogP contribution in [0, 0.1) is 0 Å². The number of aromatic nitrogens is 1. The summed E-state index contributed by atoms with van der Waals surface area (Å²) in [6.45, 7) is 6.71. The van der Waals surface area contributed by atoms with Crippen molar-refractivity contribution in [2.45, 2.75) is 45.3 Å². The van der Waals surface area contributed by atoms with Crippen LogP contribution in [0.3, 0.4) is 0 Å². The molecule has 2 rings (SSSR count). The van der Waals surface area contributed by atoms with E-state index in [9.17, 15) is 5.11 Å². The smallest absolute Gasteiger partial charge is 0.0931 e. The maximum absolute atomic E-state index is 9.47. The molecule has 19 heavy (non-hydrogen) atoms. The predicted molar refractivity (Wildman–Crippen MR) is 76.3 cm³/mol. The Hall–Kier alpha value is -1.13. The number of aliphatic hydroxyl groups is 1. The van der Waals surface area contributed by atoms with Crippen molar-refractivity contribution in [1.82, 2.24) is 4.98 Å². The molecule has 0 spiro atoms. The second-order valence-corrected chi connectivity index (χ2v) is 5.20. The zero-order chi connectivity index (χ0) is 13.7. The Labute approximate surface area is 115 Å². The quantitative estimate of drug-likeness (QED) is 0.887. The molecular weight excluding hydrogens is 240 g/mol. The van der Waals surface area contributed by atoms with E-state index in [1.54, 1.807) is 6.92 Å². The molecule has 1 aliphatic rings. The van der Waals surface area contributed by atoms with Gasteiger partial charge in [-0.2, -0.15) is 0 Å². The Morgan fingerprint density at radius 2 is 2.37 bits per heavy atom. The number of aliphatic hydroxyl groups excluding tert-OH is 1. The first-order chi connectivity index (χ1) is 9.20. The third-order valence-corrected chi connectivity index (χ3v) is 3.50. The number of anilines is 1. The molecular formula is C15H24N2O2. The van der Waals surface area contributed by atoms with E-state index in [1.807, 2.05) is 18.3 Å². The third kappa shape index (κ3) is 3.91. The van der Waals surface area contributed by atoms with E-state index in [1.165, 1.54) is 0 Å². The highest BCUT2D eigenvalue weighted by molar-refractivity contribution is 5.45. The zero-order valence-electron chi connectivity index (χ0n) is 11.9. The Morgan fingerprint density at radius 3 is 3.00 bits per heavy atom. The summed E-state index contributed by atoms with van der Waals surface area (Å²) in [4.78, 5) is 6.63. The van der Waals surface area contributed by atoms with Crippen LogP contribution in [0.25, 0.3) is 0 Å². The molecule has 2 atom stereocenters. The maximum atomic E-state index is 9.47. The molecule has 0 bridgehead atoms. The first-order valence-electron chi connectivity index (χ1n) is 7.21. The highest BCUT2D eigenvalue weighted by Crippen LogP contribution is 2.22. The van der Waals surface area contributed by atoms with E-state index >= 15 is 0 Å². The molecule has 1 N–H and O–H groups in total. The second-order valence-electron chi connectivity index (χ2n) is 5.20. The summed E-state index contributed by atoms with van der Waals surface area (Å²) < 4.78 is 5.84. The third-order valence-electron chi connectivity index (χ3n) is 3.50. The van der Waals surface area contributed by atoms with Gasteiger partial charge < -0.3 is 14.7 Å². The minimum Gasteiger partial charge on any atom is -0.387 e. The molecule has 1 fully saturated rings. The zero-order valence-corrected chi connectivity index (χ0v) is 11.9. The summed E-state index contributed by atoms with van der Waals surface area (Å²) in [7, 11) is 0. The van der Waals surface area contributed by atoms with Crippen LogP contribution in [0.4, 0.5) is 5.69 Å². The normalized spacial score (nSPS) is 21.4. The molecule has 1 aromatic rings. The standard InChI is InChI=1S/C15H24N2O2/c1-3-9-19-14-5-4-8-17(11-14)13-6-7-15(12(2)18)16-10-13/h6-7,10,12,14,18H,3-5,8-9,11H2,1-2H3. The lowest BCUT2D eigenvalue weighted by Crippen LogP contribution is -2.39. The Kier molecular flexibility index (Phi) is 5.16. The molecule has 0 aromatic carbocycles. The van der Waals surface area contributed by atoms with Crippen molar-refractivity contribution in [3.05, 3.63) is 24.0 Å². The molecule has 0 aliphatic carbocycles. The largest absolute Gasteiger partial charge is 0.387 e. The molecule has 4 nitrogen and oxygen atoms in total. The van der Waals surface area contributed by atoms with Gasteiger partial charge in [0.05, 0.1) is 29.8 Å². The van der Waals surface area contributed by atoms with Gasteiger partial charge in [-0.05, 0) is 38.3 Å². The van der Waals surface area contributed by atoms with Crippen molar-refractivity contribution >= 4 is 5.69 Å². The molecule has 2 heterocycles. The van der Waals surface area contributed by atoms with Crippen molar-refractivity contribution in [3.63, 3.8) is 0 Å². The number of hydrogen-bond acceptors (Lipinski definition) is 4. The van der Waals surface area contributed by atoms with Crippen molar-refractivity contribution in [3.8, 4) is 0 Å². The molecule has 1 aliphatic heterocycles. The number of nitrogens with zero attached hydrogens (tertiary/aromatic N) is 2. The van der Waals surface area contributed by atoms with Crippen LogP contribution in [0.5, 0.6) is 0 Å². The fourth-order valence-electron chi connectivity index (χ4n) is 2.42. The van der Waals surface area contributed by atoms with E-state index in [4.69, 9.17) is 4.74 Å². The van der Waals surface area contributed by atoms with E-state index in [-0.39, 0.29) is 0 Å². The van der Waals surface area contributed by atoms with Gasteiger partial charge in [-0.15, -0.1) is 0 Å². The van der Waals surface area contributed by atoms with Gasteiger partial charge in [-0.3, -0.25) is 4.98 Å². The van der Waals surface area contributed by atoms with Gasteiger partial charge in [0.2, 0.25) is 0 Å². The van der Waals surface area contributed by atoms with Crippen LogP contribution in [0.15, 0.2) is 18.3 Å². The van der Waals surface area contributed by atoms with E-state index in [2.05, 4.69) is 16.8 Å². The summed E-state index contributed by atoms with van der Waals surface area (Å²) in [5, 5.41) is 9.47. The molecule has 106 valence electrons. The fraction of sp³-hybridized carbons (Fsp3) is 0.667. The monoisotopic (exact) mass is 264 g/mol. The van der Waals surface area contributed by atoms with Gasteiger partial charge in [0.15, 0.2) is 0 Å². The van der Waals surface area contributed by atoms with E-state index < -0.39 is 6.10 Å². The van der Waals surface area contributed by atoms with E-state index in [0.717, 1.165) is 50.3 Å². The first-order valence-corrected chi connectivity index (χ1v) is 7.21. The van der Waals surface area contributed by atoms with Crippen molar-refractivity contribution in [2.24, 2.45) is 0 Å². The SMILES string of the molecule is CCCOC1CCCN(c2ccc(C(C)O)nc2)C1. The highest BCUT2D eigenvalue weighted by Gasteiger charge is 2.20.